The quantitative estimate of drug-likeness (QED) is 0.565. The van der Waals surface area contributed by atoms with Crippen molar-refractivity contribution in [2.24, 2.45) is 5.41 Å². The predicted octanol–water partition coefficient (Wildman–Crippen LogP) is 1.79. The summed E-state index contributed by atoms with van der Waals surface area (Å²) >= 11 is 0. The molecule has 0 unspecified atom stereocenters. The molecule has 0 aliphatic heterocycles. The first kappa shape index (κ1) is 11.6. The smallest absolute Gasteiger partial charge is 0.358 e. The van der Waals surface area contributed by atoms with Crippen LogP contribution < -0.4 is 0 Å². The summed E-state index contributed by atoms with van der Waals surface area (Å²) in [4.78, 5) is 10.3. The minimum absolute atomic E-state index is 0.0145. The van der Waals surface area contributed by atoms with Gasteiger partial charge in [-0.1, -0.05) is 20.8 Å². The van der Waals surface area contributed by atoms with E-state index in [0.29, 0.717) is 18.7 Å². The van der Waals surface area contributed by atoms with Crippen molar-refractivity contribution in [2.45, 2.75) is 40.7 Å². The highest BCUT2D eigenvalue weighted by Gasteiger charge is 2.26. The van der Waals surface area contributed by atoms with Gasteiger partial charge in [-0.2, -0.15) is 0 Å². The van der Waals surface area contributed by atoms with Gasteiger partial charge in [0.25, 0.3) is 0 Å². The van der Waals surface area contributed by atoms with E-state index in [0.717, 1.165) is 0 Å². The van der Waals surface area contributed by atoms with Crippen LogP contribution in [-0.2, 0) is 13.0 Å². The topological polar surface area (TPSA) is 73.8 Å². The summed E-state index contributed by atoms with van der Waals surface area (Å²) in [6.45, 7) is 8.59. The highest BCUT2D eigenvalue weighted by atomic mass is 16.6. The molecule has 1 aromatic heterocycles. The number of aryl methyl sites for hydroxylation is 1. The van der Waals surface area contributed by atoms with E-state index in [9.17, 15) is 10.1 Å². The number of hydrogen-bond donors (Lipinski definition) is 0. The summed E-state index contributed by atoms with van der Waals surface area (Å²) in [5.74, 6) is -0.119. The summed E-state index contributed by atoms with van der Waals surface area (Å²) in [7, 11) is 0. The van der Waals surface area contributed by atoms with Crippen LogP contribution in [-0.4, -0.2) is 19.9 Å². The Labute approximate surface area is 88.4 Å². The first-order chi connectivity index (χ1) is 6.85. The van der Waals surface area contributed by atoms with Gasteiger partial charge in [-0.05, 0) is 17.3 Å². The number of nitro groups is 1. The summed E-state index contributed by atoms with van der Waals surface area (Å²) in [5, 5.41) is 18.1. The minimum Gasteiger partial charge on any atom is -0.358 e. The van der Waals surface area contributed by atoms with Gasteiger partial charge in [-0.25, -0.2) is 4.68 Å². The largest absolute Gasteiger partial charge is 0.413 e. The third kappa shape index (κ3) is 2.74. The van der Waals surface area contributed by atoms with Crippen molar-refractivity contribution in [1.29, 1.82) is 0 Å². The molecule has 0 saturated heterocycles. The van der Waals surface area contributed by atoms with E-state index in [4.69, 9.17) is 0 Å². The van der Waals surface area contributed by atoms with E-state index in [1.165, 1.54) is 0 Å². The molecule has 0 aliphatic carbocycles. The lowest BCUT2D eigenvalue weighted by Gasteiger charge is -2.17. The fraction of sp³-hybridized carbons (Fsp3) is 0.778. The summed E-state index contributed by atoms with van der Waals surface area (Å²) in [5.41, 5.74) is 0.592. The van der Waals surface area contributed by atoms with Crippen molar-refractivity contribution in [3.8, 4) is 0 Å². The molecule has 0 bridgehead atoms. The van der Waals surface area contributed by atoms with Crippen molar-refractivity contribution >= 4 is 5.82 Å². The third-order valence-electron chi connectivity index (χ3n) is 1.99. The van der Waals surface area contributed by atoms with Gasteiger partial charge in [0.1, 0.15) is 10.8 Å². The SMILES string of the molecule is CCn1nnc([N+](=O)[O-])c1CC(C)(C)C. The zero-order chi connectivity index (χ0) is 11.6. The Kier molecular flexibility index (Phi) is 3.06. The second-order valence-electron chi connectivity index (χ2n) is 4.67. The number of hydrogen-bond acceptors (Lipinski definition) is 4. The molecule has 84 valence electrons. The lowest BCUT2D eigenvalue weighted by atomic mass is 9.90. The number of aromatic nitrogens is 3. The van der Waals surface area contributed by atoms with E-state index in [1.54, 1.807) is 4.68 Å². The van der Waals surface area contributed by atoms with Gasteiger partial charge in [0.15, 0.2) is 0 Å². The standard InChI is InChI=1S/C9H16N4O2/c1-5-12-7(6-9(2,3)4)8(10-11-12)13(14)15/h5-6H2,1-4H3. The molecular weight excluding hydrogens is 196 g/mol. The van der Waals surface area contributed by atoms with Crippen LogP contribution in [0.4, 0.5) is 5.82 Å². The van der Waals surface area contributed by atoms with Crippen molar-refractivity contribution in [3.05, 3.63) is 15.8 Å². The molecule has 0 radical (unpaired) electrons. The van der Waals surface area contributed by atoms with E-state index in [1.807, 2.05) is 27.7 Å². The monoisotopic (exact) mass is 212 g/mol. The molecule has 0 N–H and O–H groups in total. The Morgan fingerprint density at radius 1 is 1.47 bits per heavy atom. The van der Waals surface area contributed by atoms with Crippen molar-refractivity contribution in [2.75, 3.05) is 0 Å². The Balaban J connectivity index is 3.11. The number of nitrogens with zero attached hydrogens (tertiary/aromatic N) is 4. The molecule has 0 aliphatic rings. The first-order valence-electron chi connectivity index (χ1n) is 4.92. The molecule has 0 atom stereocenters. The second kappa shape index (κ2) is 3.96. The molecule has 0 spiro atoms. The maximum atomic E-state index is 10.7. The van der Waals surface area contributed by atoms with Crippen LogP contribution in [0, 0.1) is 15.5 Å². The van der Waals surface area contributed by atoms with Crippen LogP contribution in [0.3, 0.4) is 0 Å². The van der Waals surface area contributed by atoms with Crippen molar-refractivity contribution in [3.63, 3.8) is 0 Å². The Hall–Kier alpha value is -1.46. The van der Waals surface area contributed by atoms with Crippen LogP contribution in [0.5, 0.6) is 0 Å². The van der Waals surface area contributed by atoms with Gasteiger partial charge < -0.3 is 10.1 Å². The first-order valence-corrected chi connectivity index (χ1v) is 4.92. The van der Waals surface area contributed by atoms with Crippen LogP contribution in [0.1, 0.15) is 33.4 Å². The molecule has 0 amide bonds. The fourth-order valence-electron chi connectivity index (χ4n) is 1.39. The van der Waals surface area contributed by atoms with Crippen LogP contribution in [0.15, 0.2) is 0 Å². The van der Waals surface area contributed by atoms with Gasteiger partial charge in [-0.15, -0.1) is 0 Å². The van der Waals surface area contributed by atoms with E-state index in [2.05, 4.69) is 10.3 Å². The van der Waals surface area contributed by atoms with Gasteiger partial charge in [0, 0.05) is 13.0 Å². The van der Waals surface area contributed by atoms with E-state index >= 15 is 0 Å². The minimum atomic E-state index is -0.472. The molecule has 1 heterocycles. The zero-order valence-electron chi connectivity index (χ0n) is 9.52. The van der Waals surface area contributed by atoms with Crippen LogP contribution >= 0.6 is 0 Å². The van der Waals surface area contributed by atoms with E-state index in [-0.39, 0.29) is 11.2 Å². The highest BCUT2D eigenvalue weighted by molar-refractivity contribution is 5.25. The lowest BCUT2D eigenvalue weighted by Crippen LogP contribution is -2.15. The zero-order valence-corrected chi connectivity index (χ0v) is 9.52. The predicted molar refractivity (Wildman–Crippen MR) is 55.5 cm³/mol. The molecular formula is C9H16N4O2. The molecule has 0 aromatic carbocycles. The normalized spacial score (nSPS) is 11.7. The van der Waals surface area contributed by atoms with Crippen molar-refractivity contribution < 1.29 is 4.92 Å². The highest BCUT2D eigenvalue weighted by Crippen LogP contribution is 2.25. The maximum Gasteiger partial charge on any atom is 0.413 e. The molecule has 1 rings (SSSR count). The Morgan fingerprint density at radius 3 is 2.47 bits per heavy atom. The molecule has 6 heteroatoms. The van der Waals surface area contributed by atoms with Gasteiger partial charge in [-0.3, -0.25) is 0 Å². The van der Waals surface area contributed by atoms with Gasteiger partial charge in [0.05, 0.1) is 5.21 Å². The fourth-order valence-corrected chi connectivity index (χ4v) is 1.39. The molecule has 0 fully saturated rings. The Morgan fingerprint density at radius 2 is 2.07 bits per heavy atom. The number of rotatable bonds is 3. The summed E-state index contributed by atoms with van der Waals surface area (Å²) in [6.07, 6.45) is 0.601. The molecule has 6 nitrogen and oxygen atoms in total. The van der Waals surface area contributed by atoms with Gasteiger partial charge >= 0.3 is 5.82 Å². The maximum absolute atomic E-state index is 10.7. The van der Waals surface area contributed by atoms with Crippen molar-refractivity contribution in [1.82, 2.24) is 15.0 Å². The summed E-state index contributed by atoms with van der Waals surface area (Å²) in [6, 6.07) is 0. The average Bonchev–Trinajstić information content (AvgIpc) is 2.44. The molecule has 15 heavy (non-hydrogen) atoms. The molecule has 1 aromatic rings. The van der Waals surface area contributed by atoms with E-state index < -0.39 is 4.92 Å². The lowest BCUT2D eigenvalue weighted by molar-refractivity contribution is -0.390. The Bertz CT molecular complexity index is 365. The van der Waals surface area contributed by atoms with Gasteiger partial charge in [0.2, 0.25) is 0 Å². The summed E-state index contributed by atoms with van der Waals surface area (Å²) < 4.78 is 1.59. The van der Waals surface area contributed by atoms with Crippen LogP contribution in [0.2, 0.25) is 0 Å². The van der Waals surface area contributed by atoms with Crippen LogP contribution in [0.25, 0.3) is 0 Å². The second-order valence-corrected chi connectivity index (χ2v) is 4.67. The average molecular weight is 212 g/mol. The third-order valence-corrected chi connectivity index (χ3v) is 1.99. The molecule has 0 saturated carbocycles.